The molecule has 1 aromatic carbocycles. The van der Waals surface area contributed by atoms with Gasteiger partial charge in [0.1, 0.15) is 5.82 Å². The van der Waals surface area contributed by atoms with Gasteiger partial charge in [0, 0.05) is 18.9 Å². The average Bonchev–Trinajstić information content (AvgIpc) is 2.35. The Kier molecular flexibility index (Phi) is 3.91. The molecule has 0 bridgehead atoms. The van der Waals surface area contributed by atoms with Gasteiger partial charge >= 0.3 is 0 Å². The number of nitrogens with one attached hydrogen (secondary N) is 1. The van der Waals surface area contributed by atoms with Gasteiger partial charge in [0.05, 0.1) is 4.47 Å². The van der Waals surface area contributed by atoms with Crippen molar-refractivity contribution in [2.75, 3.05) is 5.32 Å². The predicted octanol–water partition coefficient (Wildman–Crippen LogP) is 3.61. The van der Waals surface area contributed by atoms with Crippen LogP contribution in [-0.2, 0) is 6.54 Å². The third-order valence-corrected chi connectivity index (χ3v) is 2.98. The molecule has 0 saturated heterocycles. The first kappa shape index (κ1) is 13.0. The molecule has 1 N–H and O–H groups in total. The molecule has 0 radical (unpaired) electrons. The van der Waals surface area contributed by atoms with Crippen LogP contribution in [0.5, 0.6) is 0 Å². The van der Waals surface area contributed by atoms with E-state index in [-0.39, 0.29) is 5.82 Å². The van der Waals surface area contributed by atoms with Gasteiger partial charge in [-0.25, -0.2) is 14.4 Å². The van der Waals surface area contributed by atoms with Crippen LogP contribution in [0.1, 0.15) is 16.7 Å². The fourth-order valence-corrected chi connectivity index (χ4v) is 1.93. The van der Waals surface area contributed by atoms with Crippen LogP contribution in [0.25, 0.3) is 0 Å². The van der Waals surface area contributed by atoms with Gasteiger partial charge in [-0.3, -0.25) is 0 Å². The first-order valence-electron chi connectivity index (χ1n) is 5.53. The molecule has 3 nitrogen and oxygen atoms in total. The highest BCUT2D eigenvalue weighted by molar-refractivity contribution is 9.10. The lowest BCUT2D eigenvalue weighted by Crippen LogP contribution is -2.04. The summed E-state index contributed by atoms with van der Waals surface area (Å²) >= 11 is 3.27. The highest BCUT2D eigenvalue weighted by Gasteiger charge is 2.04. The monoisotopic (exact) mass is 309 g/mol. The third-order valence-electron chi connectivity index (χ3n) is 2.57. The first-order chi connectivity index (χ1) is 8.56. The zero-order valence-corrected chi connectivity index (χ0v) is 11.8. The molecule has 2 rings (SSSR count). The molecule has 0 fully saturated rings. The molecular formula is C13H13BrFN3. The Labute approximate surface area is 114 Å². The van der Waals surface area contributed by atoms with E-state index in [1.165, 1.54) is 0 Å². The summed E-state index contributed by atoms with van der Waals surface area (Å²) in [5.74, 6) is 0.413. The minimum absolute atomic E-state index is 0.140. The predicted molar refractivity (Wildman–Crippen MR) is 72.9 cm³/mol. The molecule has 0 aliphatic carbocycles. The maximum absolute atomic E-state index is 13.5. The third kappa shape index (κ3) is 3.04. The van der Waals surface area contributed by atoms with E-state index < -0.39 is 0 Å². The van der Waals surface area contributed by atoms with Crippen molar-refractivity contribution < 1.29 is 4.39 Å². The summed E-state index contributed by atoms with van der Waals surface area (Å²) in [6.45, 7) is 4.10. The molecule has 18 heavy (non-hydrogen) atoms. The highest BCUT2D eigenvalue weighted by atomic mass is 79.9. The van der Waals surface area contributed by atoms with Gasteiger partial charge in [-0.1, -0.05) is 12.1 Å². The van der Waals surface area contributed by atoms with E-state index in [0.29, 0.717) is 23.6 Å². The number of rotatable bonds is 3. The number of nitrogens with zero attached hydrogens (tertiary/aromatic N) is 2. The number of anilines is 1. The Morgan fingerprint density at radius 3 is 2.28 bits per heavy atom. The Morgan fingerprint density at radius 2 is 1.72 bits per heavy atom. The van der Waals surface area contributed by atoms with Crippen LogP contribution in [0.2, 0.25) is 0 Å². The second-order valence-electron chi connectivity index (χ2n) is 4.12. The van der Waals surface area contributed by atoms with E-state index >= 15 is 0 Å². The Bertz CT molecular complexity index is 532. The van der Waals surface area contributed by atoms with E-state index in [9.17, 15) is 4.39 Å². The molecule has 5 heteroatoms. The van der Waals surface area contributed by atoms with E-state index in [2.05, 4.69) is 31.2 Å². The minimum Gasteiger partial charge on any atom is -0.350 e. The van der Waals surface area contributed by atoms with Gasteiger partial charge in [-0.05, 0) is 46.5 Å². The van der Waals surface area contributed by atoms with Gasteiger partial charge < -0.3 is 5.32 Å². The summed E-state index contributed by atoms with van der Waals surface area (Å²) in [6.07, 6.45) is 3.35. The first-order valence-corrected chi connectivity index (χ1v) is 6.32. The van der Waals surface area contributed by atoms with Crippen molar-refractivity contribution in [3.05, 3.63) is 51.5 Å². The molecule has 94 valence electrons. The maximum atomic E-state index is 13.5. The average molecular weight is 310 g/mol. The molecule has 2 aromatic rings. The van der Waals surface area contributed by atoms with Crippen LogP contribution < -0.4 is 5.32 Å². The molecule has 1 aromatic heterocycles. The molecule has 1 heterocycles. The molecule has 0 aliphatic heterocycles. The smallest absolute Gasteiger partial charge is 0.222 e. The lowest BCUT2D eigenvalue weighted by Gasteiger charge is -2.08. The maximum Gasteiger partial charge on any atom is 0.222 e. The van der Waals surface area contributed by atoms with E-state index in [4.69, 9.17) is 0 Å². The molecule has 0 saturated carbocycles. The largest absolute Gasteiger partial charge is 0.350 e. The summed E-state index contributed by atoms with van der Waals surface area (Å²) in [5, 5.41) is 3.10. The summed E-state index contributed by atoms with van der Waals surface area (Å²) in [5.41, 5.74) is 2.32. The SMILES string of the molecule is Cc1cc(CNc2ncc(Br)cn2)cc(C)c1F. The van der Waals surface area contributed by atoms with Gasteiger partial charge in [0.15, 0.2) is 0 Å². The molecule has 0 aliphatic rings. The van der Waals surface area contributed by atoms with Gasteiger partial charge in [0.25, 0.3) is 0 Å². The normalized spacial score (nSPS) is 10.4. The number of benzene rings is 1. The molecule has 0 amide bonds. The number of aryl methyl sites for hydroxylation is 2. The van der Waals surface area contributed by atoms with E-state index in [1.54, 1.807) is 26.2 Å². The van der Waals surface area contributed by atoms with Crippen molar-refractivity contribution in [2.24, 2.45) is 0 Å². The zero-order chi connectivity index (χ0) is 13.1. The Morgan fingerprint density at radius 1 is 1.17 bits per heavy atom. The number of hydrogen-bond donors (Lipinski definition) is 1. The van der Waals surface area contributed by atoms with Gasteiger partial charge in [-0.2, -0.15) is 0 Å². The molecule has 0 atom stereocenters. The lowest BCUT2D eigenvalue weighted by atomic mass is 10.1. The van der Waals surface area contributed by atoms with Crippen LogP contribution in [0.3, 0.4) is 0 Å². The van der Waals surface area contributed by atoms with Crippen LogP contribution in [0, 0.1) is 19.7 Å². The molecular weight excluding hydrogens is 297 g/mol. The lowest BCUT2D eigenvalue weighted by molar-refractivity contribution is 0.608. The summed E-state index contributed by atoms with van der Waals surface area (Å²) in [6, 6.07) is 3.66. The second kappa shape index (κ2) is 5.44. The molecule has 0 spiro atoms. The fourth-order valence-electron chi connectivity index (χ4n) is 1.72. The Hall–Kier alpha value is -1.49. The quantitative estimate of drug-likeness (QED) is 0.941. The molecule has 0 unspecified atom stereocenters. The van der Waals surface area contributed by atoms with Crippen molar-refractivity contribution >= 4 is 21.9 Å². The highest BCUT2D eigenvalue weighted by Crippen LogP contribution is 2.15. The van der Waals surface area contributed by atoms with Gasteiger partial charge in [-0.15, -0.1) is 0 Å². The zero-order valence-electron chi connectivity index (χ0n) is 10.2. The van der Waals surface area contributed by atoms with Crippen molar-refractivity contribution in [3.8, 4) is 0 Å². The van der Waals surface area contributed by atoms with Crippen molar-refractivity contribution in [1.82, 2.24) is 9.97 Å². The second-order valence-corrected chi connectivity index (χ2v) is 5.04. The standard InChI is InChI=1S/C13H13BrFN3/c1-8-3-10(4-9(2)12(8)15)5-16-13-17-6-11(14)7-18-13/h3-4,6-7H,5H2,1-2H3,(H,16,17,18). The number of halogens is 2. The van der Waals surface area contributed by atoms with Crippen molar-refractivity contribution in [2.45, 2.75) is 20.4 Å². The van der Waals surface area contributed by atoms with Crippen LogP contribution in [0.15, 0.2) is 29.0 Å². The number of hydrogen-bond acceptors (Lipinski definition) is 3. The summed E-state index contributed by atoms with van der Waals surface area (Å²) < 4.78 is 14.3. The summed E-state index contributed by atoms with van der Waals surface area (Å²) in [7, 11) is 0. The fraction of sp³-hybridized carbons (Fsp3) is 0.231. The van der Waals surface area contributed by atoms with Gasteiger partial charge in [0.2, 0.25) is 5.95 Å². The van der Waals surface area contributed by atoms with Crippen molar-refractivity contribution in [3.63, 3.8) is 0 Å². The van der Waals surface area contributed by atoms with E-state index in [1.807, 2.05) is 12.1 Å². The topological polar surface area (TPSA) is 37.8 Å². The van der Waals surface area contributed by atoms with E-state index in [0.717, 1.165) is 10.0 Å². The van der Waals surface area contributed by atoms with Crippen LogP contribution >= 0.6 is 15.9 Å². The number of aromatic nitrogens is 2. The summed E-state index contributed by atoms with van der Waals surface area (Å²) in [4.78, 5) is 8.23. The Balaban J connectivity index is 2.08. The minimum atomic E-state index is -0.140. The van der Waals surface area contributed by atoms with Crippen LogP contribution in [-0.4, -0.2) is 9.97 Å². The van der Waals surface area contributed by atoms with Crippen LogP contribution in [0.4, 0.5) is 10.3 Å². The van der Waals surface area contributed by atoms with Crippen molar-refractivity contribution in [1.29, 1.82) is 0 Å².